The van der Waals surface area contributed by atoms with E-state index in [1.165, 1.54) is 14.0 Å². The summed E-state index contributed by atoms with van der Waals surface area (Å²) in [6.07, 6.45) is 9.44. The monoisotopic (exact) mass is 1100 g/mol. The maximum atomic E-state index is 13.6. The minimum absolute atomic E-state index is 0.0413. The lowest BCUT2D eigenvalue weighted by Gasteiger charge is -2.36. The molecule has 0 saturated carbocycles. The number of fused-ring (bicyclic) bond motifs is 2. The van der Waals surface area contributed by atoms with Crippen molar-refractivity contribution >= 4 is 61.9 Å². The van der Waals surface area contributed by atoms with Gasteiger partial charge < -0.3 is 0 Å². The van der Waals surface area contributed by atoms with Crippen molar-refractivity contribution in [3.8, 4) is 0 Å². The molecule has 0 radical (unpaired) electrons. The Kier molecular flexibility index (Phi) is 15.5. The highest BCUT2D eigenvalue weighted by molar-refractivity contribution is 7.90. The summed E-state index contributed by atoms with van der Waals surface area (Å²) in [5.41, 5.74) is 11.6. The molecule has 10 rings (SSSR count). The highest BCUT2D eigenvalue weighted by Gasteiger charge is 2.30. The molecule has 76 heavy (non-hydrogen) atoms. The smallest absolute Gasteiger partial charge is 0.268 e. The molecule has 8 aromatic rings. The molecule has 2 aliphatic rings. The summed E-state index contributed by atoms with van der Waals surface area (Å²) < 4.78 is 105. The number of hydrogen-bond donors (Lipinski definition) is 2. The molecule has 2 atom stereocenters. The van der Waals surface area contributed by atoms with E-state index < -0.39 is 40.1 Å². The molecule has 2 aromatic heterocycles. The van der Waals surface area contributed by atoms with E-state index in [1.54, 1.807) is 60.9 Å². The Hall–Kier alpha value is -5.96. The third-order valence-corrected chi connectivity index (χ3v) is 20.4. The number of likely N-dealkylation sites (tertiary alicyclic amines) is 2. The first kappa shape index (κ1) is 54.8. The molecule has 2 unspecified atom stereocenters. The maximum absolute atomic E-state index is 13.6. The van der Waals surface area contributed by atoms with Crippen LogP contribution in [0, 0.1) is 41.5 Å². The van der Waals surface area contributed by atoms with E-state index in [0.29, 0.717) is 24.1 Å². The maximum Gasteiger partial charge on any atom is 0.268 e. The van der Waals surface area contributed by atoms with E-state index in [0.717, 1.165) is 118 Å². The first-order chi connectivity index (χ1) is 35.9. The van der Waals surface area contributed by atoms with E-state index in [2.05, 4.69) is 35.8 Å². The fourth-order valence-corrected chi connectivity index (χ4v) is 15.1. The number of hydrogen-bond acceptors (Lipinski definition) is 10. The number of sulfonamides is 2. The zero-order valence-electron chi connectivity index (χ0n) is 43.8. The van der Waals surface area contributed by atoms with Crippen LogP contribution in [0.2, 0.25) is 0 Å². The van der Waals surface area contributed by atoms with Gasteiger partial charge in [0.1, 0.15) is 0 Å². The number of rotatable bonds is 12. The molecule has 2 fully saturated rings. The number of nitrogens with two attached hydrogens (primary N) is 2. The van der Waals surface area contributed by atoms with Crippen molar-refractivity contribution in [3.63, 3.8) is 0 Å². The highest BCUT2D eigenvalue weighted by Crippen LogP contribution is 2.39. The SMILES string of the molecule is Cc1ccc(S(=O)(=O)n2ccc3c(CN4CCCCC4c4ccc(S(N)(=O)=O)cc4)c(C)cc(C)c32)cc1.Cc1ccc(S(=O)(=O)n2ccc3c(CN4CCCCC4c4cccc(S(N)(=O)=O)c4)c(C)cc(C)c32)cc1. The van der Waals surface area contributed by atoms with E-state index in [1.807, 2.05) is 82.3 Å². The van der Waals surface area contributed by atoms with Crippen LogP contribution in [-0.2, 0) is 53.2 Å². The fraction of sp³-hybridized carbons (Fsp3) is 0.310. The minimum Gasteiger partial charge on any atom is -0.292 e. The van der Waals surface area contributed by atoms with Gasteiger partial charge in [-0.15, -0.1) is 0 Å². The molecule has 0 spiro atoms. The van der Waals surface area contributed by atoms with E-state index in [4.69, 9.17) is 10.3 Å². The van der Waals surface area contributed by atoms with Crippen LogP contribution < -0.4 is 10.3 Å². The Balaban J connectivity index is 0.000000186. The standard InChI is InChI=1S/2C29H33N3O4S2/c1-20-10-12-24(13-11-20)38(35,36)32-16-14-26-27(21(2)17-22(3)29(26)32)19-31-15-5-4-9-28(31)23-7-6-8-25(18-23)37(30,33)34;1-20-7-11-25(12-8-20)38(35,36)32-17-15-26-27(21(2)18-22(3)29(26)32)19-31-16-5-4-6-28(31)23-9-13-24(14-10-23)37(30,33)34/h6-8,10-14,16-18,28H,4-5,9,15,19H2,1-3H3,(H2,30,33,34);7-15,17-18,28H,4-6,16,19H2,1-3H3,(H2,30,33,34). The van der Waals surface area contributed by atoms with Gasteiger partial charge >= 0.3 is 0 Å². The molecule has 14 nitrogen and oxygen atoms in total. The van der Waals surface area contributed by atoms with Gasteiger partial charge in [0, 0.05) is 48.3 Å². The van der Waals surface area contributed by atoms with Crippen molar-refractivity contribution in [1.29, 1.82) is 0 Å². The van der Waals surface area contributed by atoms with Crippen molar-refractivity contribution in [2.75, 3.05) is 13.1 Å². The van der Waals surface area contributed by atoms with Gasteiger partial charge in [-0.3, -0.25) is 9.80 Å². The molecule has 4 N–H and O–H groups in total. The van der Waals surface area contributed by atoms with E-state index in [9.17, 15) is 33.7 Å². The van der Waals surface area contributed by atoms with Crippen LogP contribution in [-0.4, -0.2) is 64.5 Å². The van der Waals surface area contributed by atoms with Crippen LogP contribution in [0.15, 0.2) is 153 Å². The summed E-state index contributed by atoms with van der Waals surface area (Å²) in [5.74, 6) is 0. The Bertz CT molecular complexity index is 3950. The highest BCUT2D eigenvalue weighted by atomic mass is 32.2. The van der Waals surface area contributed by atoms with Crippen molar-refractivity contribution < 1.29 is 33.7 Å². The predicted octanol–water partition coefficient (Wildman–Crippen LogP) is 10.4. The molecule has 18 heteroatoms. The van der Waals surface area contributed by atoms with Crippen LogP contribution in [0.25, 0.3) is 21.8 Å². The number of aromatic nitrogens is 2. The summed E-state index contributed by atoms with van der Waals surface area (Å²) in [7, 11) is -15.1. The van der Waals surface area contributed by atoms with Crippen molar-refractivity contribution in [2.24, 2.45) is 10.3 Å². The first-order valence-electron chi connectivity index (χ1n) is 25.5. The Morgan fingerprint density at radius 1 is 0.434 bits per heavy atom. The molecule has 4 heterocycles. The number of aryl methyl sites for hydroxylation is 6. The summed E-state index contributed by atoms with van der Waals surface area (Å²) in [6, 6.07) is 35.7. The normalized spacial score (nSPS) is 17.2. The lowest BCUT2D eigenvalue weighted by atomic mass is 9.93. The molecular formula is C58H66N6O8S4. The number of nitrogens with zero attached hydrogens (tertiary/aromatic N) is 4. The first-order valence-corrected chi connectivity index (χ1v) is 31.5. The fourth-order valence-electron chi connectivity index (χ4n) is 11.2. The predicted molar refractivity (Wildman–Crippen MR) is 300 cm³/mol. The molecule has 2 saturated heterocycles. The molecule has 0 bridgehead atoms. The van der Waals surface area contributed by atoms with Crippen LogP contribution in [0.5, 0.6) is 0 Å². The molecular weight excluding hydrogens is 1040 g/mol. The molecule has 0 aliphatic carbocycles. The van der Waals surface area contributed by atoms with Crippen molar-refractivity contribution in [2.45, 2.75) is 125 Å². The van der Waals surface area contributed by atoms with Crippen molar-refractivity contribution in [3.05, 3.63) is 189 Å². The third kappa shape index (κ3) is 11.1. The summed E-state index contributed by atoms with van der Waals surface area (Å²) in [5, 5.41) is 12.5. The van der Waals surface area contributed by atoms with E-state index >= 15 is 0 Å². The second kappa shape index (κ2) is 21.5. The lowest BCUT2D eigenvalue weighted by molar-refractivity contribution is 0.140. The van der Waals surface area contributed by atoms with Gasteiger partial charge in [0.2, 0.25) is 20.0 Å². The Morgan fingerprint density at radius 3 is 1.26 bits per heavy atom. The van der Waals surface area contributed by atoms with Crippen LogP contribution in [0.3, 0.4) is 0 Å². The van der Waals surface area contributed by atoms with Gasteiger partial charge in [0.05, 0.1) is 30.6 Å². The van der Waals surface area contributed by atoms with Crippen LogP contribution >= 0.6 is 0 Å². The Morgan fingerprint density at radius 2 is 0.842 bits per heavy atom. The zero-order chi connectivity index (χ0) is 54.5. The van der Waals surface area contributed by atoms with Gasteiger partial charge in [-0.1, -0.05) is 84.6 Å². The van der Waals surface area contributed by atoms with E-state index in [-0.39, 0.29) is 31.7 Å². The van der Waals surface area contributed by atoms with Gasteiger partial charge in [-0.2, -0.15) is 0 Å². The van der Waals surface area contributed by atoms with Gasteiger partial charge in [0.15, 0.2) is 0 Å². The average Bonchev–Trinajstić information content (AvgIpc) is 4.06. The lowest BCUT2D eigenvalue weighted by Crippen LogP contribution is -2.33. The summed E-state index contributed by atoms with van der Waals surface area (Å²) in [4.78, 5) is 5.53. The molecule has 400 valence electrons. The number of piperidine rings is 2. The summed E-state index contributed by atoms with van der Waals surface area (Å²) in [6.45, 7) is 15.0. The largest absolute Gasteiger partial charge is 0.292 e. The second-order valence-electron chi connectivity index (χ2n) is 20.6. The minimum atomic E-state index is -3.80. The Labute approximate surface area is 448 Å². The third-order valence-electron chi connectivity index (χ3n) is 15.2. The van der Waals surface area contributed by atoms with Gasteiger partial charge in [-0.05, 0) is 185 Å². The van der Waals surface area contributed by atoms with Gasteiger partial charge in [-0.25, -0.2) is 51.9 Å². The topological polar surface area (TPSA) is 205 Å². The zero-order valence-corrected chi connectivity index (χ0v) is 47.0. The summed E-state index contributed by atoms with van der Waals surface area (Å²) >= 11 is 0. The molecule has 6 aromatic carbocycles. The quantitative estimate of drug-likeness (QED) is 0.118. The number of benzene rings is 6. The van der Waals surface area contributed by atoms with Crippen molar-refractivity contribution in [1.82, 2.24) is 17.7 Å². The number of primary sulfonamides is 2. The average molecular weight is 1100 g/mol. The van der Waals surface area contributed by atoms with Crippen LogP contribution in [0.4, 0.5) is 0 Å². The molecule has 0 amide bonds. The van der Waals surface area contributed by atoms with Crippen LogP contribution in [0.1, 0.15) is 106 Å². The van der Waals surface area contributed by atoms with Gasteiger partial charge in [0.25, 0.3) is 20.0 Å². The second-order valence-corrected chi connectivity index (χ2v) is 27.3. The molecule has 2 aliphatic heterocycles.